The van der Waals surface area contributed by atoms with Crippen LogP contribution < -0.4 is 11.1 Å². The van der Waals surface area contributed by atoms with Crippen LogP contribution in [0.2, 0.25) is 0 Å². The van der Waals surface area contributed by atoms with E-state index in [2.05, 4.69) is 20.4 Å². The Morgan fingerprint density at radius 2 is 2.16 bits per heavy atom. The molecule has 0 aliphatic rings. The smallest absolute Gasteiger partial charge is 0.182 e. The van der Waals surface area contributed by atoms with Gasteiger partial charge in [0.15, 0.2) is 11.6 Å². The molecule has 2 aromatic rings. The van der Waals surface area contributed by atoms with Crippen molar-refractivity contribution in [1.29, 1.82) is 0 Å². The van der Waals surface area contributed by atoms with Gasteiger partial charge in [-0.1, -0.05) is 0 Å². The van der Waals surface area contributed by atoms with Crippen molar-refractivity contribution in [3.05, 3.63) is 23.8 Å². The Labute approximate surface area is 111 Å². The zero-order valence-electron chi connectivity index (χ0n) is 11.3. The number of aryl methyl sites for hydroxylation is 2. The number of methoxy groups -OCH3 is 1. The first-order valence-corrected chi connectivity index (χ1v) is 6.00. The van der Waals surface area contributed by atoms with Crippen LogP contribution in [-0.4, -0.2) is 40.0 Å². The molecule has 3 N–H and O–H groups in total. The number of aromatic nitrogens is 4. The SMILES string of the molecule is COCCNc1ncnc(-n2nc(C)cc2C)c1N. The van der Waals surface area contributed by atoms with E-state index >= 15 is 0 Å². The summed E-state index contributed by atoms with van der Waals surface area (Å²) in [5.41, 5.74) is 8.46. The lowest BCUT2D eigenvalue weighted by atomic mass is 10.4. The molecule has 0 saturated heterocycles. The van der Waals surface area contributed by atoms with Crippen molar-refractivity contribution in [2.75, 3.05) is 31.3 Å². The number of nitrogens with one attached hydrogen (secondary N) is 1. The fourth-order valence-electron chi connectivity index (χ4n) is 1.81. The lowest BCUT2D eigenvalue weighted by molar-refractivity contribution is 0.210. The monoisotopic (exact) mass is 262 g/mol. The second-order valence-electron chi connectivity index (χ2n) is 4.22. The molecule has 0 fully saturated rings. The Morgan fingerprint density at radius 1 is 1.37 bits per heavy atom. The molecule has 102 valence electrons. The van der Waals surface area contributed by atoms with E-state index in [0.717, 1.165) is 11.4 Å². The molecule has 0 saturated carbocycles. The molecule has 0 aromatic carbocycles. The normalized spacial score (nSPS) is 10.7. The molecule has 19 heavy (non-hydrogen) atoms. The average molecular weight is 262 g/mol. The summed E-state index contributed by atoms with van der Waals surface area (Å²) in [5.74, 6) is 1.18. The van der Waals surface area contributed by atoms with Gasteiger partial charge in [0.25, 0.3) is 0 Å². The van der Waals surface area contributed by atoms with E-state index in [1.54, 1.807) is 11.8 Å². The van der Waals surface area contributed by atoms with E-state index in [4.69, 9.17) is 10.5 Å². The molecule has 7 nitrogen and oxygen atoms in total. The number of anilines is 2. The van der Waals surface area contributed by atoms with Crippen LogP contribution in [0.15, 0.2) is 12.4 Å². The van der Waals surface area contributed by atoms with Crippen LogP contribution in [0.3, 0.4) is 0 Å². The van der Waals surface area contributed by atoms with Gasteiger partial charge >= 0.3 is 0 Å². The second-order valence-corrected chi connectivity index (χ2v) is 4.22. The summed E-state index contributed by atoms with van der Waals surface area (Å²) in [6.45, 7) is 5.10. The predicted molar refractivity (Wildman–Crippen MR) is 73.4 cm³/mol. The molecule has 2 aromatic heterocycles. The molecule has 2 heterocycles. The van der Waals surface area contributed by atoms with E-state index in [-0.39, 0.29) is 0 Å². The average Bonchev–Trinajstić information content (AvgIpc) is 2.71. The summed E-state index contributed by atoms with van der Waals surface area (Å²) in [6.07, 6.45) is 1.47. The molecular weight excluding hydrogens is 244 g/mol. The van der Waals surface area contributed by atoms with E-state index in [1.165, 1.54) is 6.33 Å². The van der Waals surface area contributed by atoms with Crippen molar-refractivity contribution in [3.63, 3.8) is 0 Å². The summed E-state index contributed by atoms with van der Waals surface area (Å²) in [6, 6.07) is 1.97. The highest BCUT2D eigenvalue weighted by atomic mass is 16.5. The zero-order valence-corrected chi connectivity index (χ0v) is 11.3. The molecule has 2 rings (SSSR count). The van der Waals surface area contributed by atoms with Crippen LogP contribution in [0, 0.1) is 13.8 Å². The molecule has 0 aliphatic carbocycles. The van der Waals surface area contributed by atoms with Gasteiger partial charge < -0.3 is 15.8 Å². The van der Waals surface area contributed by atoms with E-state index in [0.29, 0.717) is 30.5 Å². The molecule has 0 amide bonds. The first kappa shape index (κ1) is 13.3. The number of rotatable bonds is 5. The van der Waals surface area contributed by atoms with Crippen molar-refractivity contribution in [2.24, 2.45) is 0 Å². The molecular formula is C12H18N6O. The lowest BCUT2D eigenvalue weighted by Crippen LogP contribution is -2.14. The first-order valence-electron chi connectivity index (χ1n) is 6.00. The van der Waals surface area contributed by atoms with Crippen molar-refractivity contribution in [3.8, 4) is 5.82 Å². The topological polar surface area (TPSA) is 90.9 Å². The Morgan fingerprint density at radius 3 is 2.79 bits per heavy atom. The Hall–Kier alpha value is -2.15. The van der Waals surface area contributed by atoms with Crippen LogP contribution in [0.25, 0.3) is 5.82 Å². The summed E-state index contributed by atoms with van der Waals surface area (Å²) >= 11 is 0. The lowest BCUT2D eigenvalue weighted by Gasteiger charge is -2.11. The van der Waals surface area contributed by atoms with Gasteiger partial charge in [-0.3, -0.25) is 0 Å². The number of nitrogens with zero attached hydrogens (tertiary/aromatic N) is 4. The minimum atomic E-state index is 0.477. The maximum atomic E-state index is 6.09. The Balaban J connectivity index is 2.31. The maximum Gasteiger partial charge on any atom is 0.182 e. The van der Waals surface area contributed by atoms with Crippen LogP contribution in [0.4, 0.5) is 11.5 Å². The number of nitrogens with two attached hydrogens (primary N) is 1. The van der Waals surface area contributed by atoms with Gasteiger partial charge in [0.05, 0.1) is 12.3 Å². The van der Waals surface area contributed by atoms with E-state index in [1.807, 2.05) is 19.9 Å². The first-order chi connectivity index (χ1) is 9.13. The van der Waals surface area contributed by atoms with Crippen molar-refractivity contribution in [2.45, 2.75) is 13.8 Å². The Bertz CT molecular complexity index is 565. The fourth-order valence-corrected chi connectivity index (χ4v) is 1.81. The molecule has 0 unspecified atom stereocenters. The maximum absolute atomic E-state index is 6.09. The number of ether oxygens (including phenoxy) is 1. The summed E-state index contributed by atoms with van der Waals surface area (Å²) in [5, 5.41) is 7.48. The van der Waals surface area contributed by atoms with Crippen molar-refractivity contribution in [1.82, 2.24) is 19.7 Å². The molecule has 0 radical (unpaired) electrons. The van der Waals surface area contributed by atoms with Gasteiger partial charge in [-0.2, -0.15) is 5.10 Å². The van der Waals surface area contributed by atoms with E-state index < -0.39 is 0 Å². The van der Waals surface area contributed by atoms with Gasteiger partial charge in [-0.15, -0.1) is 0 Å². The minimum Gasteiger partial charge on any atom is -0.393 e. The van der Waals surface area contributed by atoms with Gasteiger partial charge in [-0.25, -0.2) is 14.6 Å². The van der Waals surface area contributed by atoms with Gasteiger partial charge in [0.2, 0.25) is 0 Å². The third kappa shape index (κ3) is 2.82. The quantitative estimate of drug-likeness (QED) is 0.779. The van der Waals surface area contributed by atoms with Gasteiger partial charge in [0.1, 0.15) is 12.0 Å². The Kier molecular flexibility index (Phi) is 3.96. The highest BCUT2D eigenvalue weighted by Gasteiger charge is 2.12. The van der Waals surface area contributed by atoms with Crippen LogP contribution in [0.5, 0.6) is 0 Å². The van der Waals surface area contributed by atoms with E-state index in [9.17, 15) is 0 Å². The third-order valence-electron chi connectivity index (χ3n) is 2.67. The molecule has 0 bridgehead atoms. The second kappa shape index (κ2) is 5.66. The number of hydrogen-bond acceptors (Lipinski definition) is 6. The highest BCUT2D eigenvalue weighted by Crippen LogP contribution is 2.22. The minimum absolute atomic E-state index is 0.477. The van der Waals surface area contributed by atoms with Crippen LogP contribution in [0.1, 0.15) is 11.4 Å². The summed E-state index contributed by atoms with van der Waals surface area (Å²) in [4.78, 5) is 8.33. The van der Waals surface area contributed by atoms with Crippen molar-refractivity contribution < 1.29 is 4.74 Å². The summed E-state index contributed by atoms with van der Waals surface area (Å²) in [7, 11) is 1.65. The number of nitrogen functional groups attached to an aromatic ring is 1. The molecule has 0 aliphatic heterocycles. The highest BCUT2D eigenvalue weighted by molar-refractivity contribution is 5.69. The molecule has 0 atom stereocenters. The standard InChI is InChI=1S/C12H18N6O/c1-8-6-9(2)18(17-8)12-10(13)11(15-7-16-12)14-4-5-19-3/h6-7H,4-5,13H2,1-3H3,(H,14,15,16). The fraction of sp³-hybridized carbons (Fsp3) is 0.417. The summed E-state index contributed by atoms with van der Waals surface area (Å²) < 4.78 is 6.69. The van der Waals surface area contributed by atoms with Gasteiger partial charge in [-0.05, 0) is 19.9 Å². The number of hydrogen-bond donors (Lipinski definition) is 2. The largest absolute Gasteiger partial charge is 0.393 e. The molecule has 0 spiro atoms. The molecule has 7 heteroatoms. The van der Waals surface area contributed by atoms with Crippen LogP contribution >= 0.6 is 0 Å². The third-order valence-corrected chi connectivity index (χ3v) is 2.67. The van der Waals surface area contributed by atoms with Crippen LogP contribution in [-0.2, 0) is 4.74 Å². The van der Waals surface area contributed by atoms with Crippen molar-refractivity contribution >= 4 is 11.5 Å². The zero-order chi connectivity index (χ0) is 13.8. The van der Waals surface area contributed by atoms with Gasteiger partial charge in [0, 0.05) is 19.3 Å². The predicted octanol–water partition coefficient (Wildman–Crippen LogP) is 0.920.